The number of ether oxygens (including phenoxy) is 1. The highest BCUT2D eigenvalue weighted by Gasteiger charge is 2.16. The van der Waals surface area contributed by atoms with Crippen molar-refractivity contribution in [3.63, 3.8) is 0 Å². The minimum atomic E-state index is 0.682. The summed E-state index contributed by atoms with van der Waals surface area (Å²) in [5.41, 5.74) is 0. The number of hydrogen-bond acceptors (Lipinski definition) is 2. The molecule has 96 valence electrons. The smallest absolute Gasteiger partial charge is 0.112 e. The van der Waals surface area contributed by atoms with Gasteiger partial charge in [-0.1, -0.05) is 28.6 Å². The summed E-state index contributed by atoms with van der Waals surface area (Å²) >= 11 is 3.41. The van der Waals surface area contributed by atoms with Crippen LogP contribution in [-0.2, 0) is 4.74 Å². The molecule has 0 atom stereocenters. The lowest BCUT2D eigenvalue weighted by Gasteiger charge is -2.28. The molecule has 0 radical (unpaired) electrons. The molecule has 1 aliphatic rings. The molecule has 17 heavy (non-hydrogen) atoms. The van der Waals surface area contributed by atoms with Crippen LogP contribution in [0.15, 0.2) is 35.0 Å². The van der Waals surface area contributed by atoms with E-state index in [-0.39, 0.29) is 0 Å². The lowest BCUT2D eigenvalue weighted by atomic mass is 9.98. The van der Waals surface area contributed by atoms with Crippen LogP contribution in [0.5, 0.6) is 0 Å². The van der Waals surface area contributed by atoms with Gasteiger partial charge >= 0.3 is 0 Å². The minimum absolute atomic E-state index is 0.682. The lowest BCUT2D eigenvalue weighted by Crippen LogP contribution is -2.31. The van der Waals surface area contributed by atoms with Gasteiger partial charge in [0.1, 0.15) is 5.76 Å². The summed E-state index contributed by atoms with van der Waals surface area (Å²) in [5.74, 6) is 1.42. The monoisotopic (exact) mass is 299 g/mol. The summed E-state index contributed by atoms with van der Waals surface area (Å²) in [6.45, 7) is 9.03. The summed E-state index contributed by atoms with van der Waals surface area (Å²) in [4.78, 5) is 2.37. The summed E-state index contributed by atoms with van der Waals surface area (Å²) in [6.07, 6.45) is 8.30. The highest BCUT2D eigenvalue weighted by atomic mass is 79.9. The highest BCUT2D eigenvalue weighted by Crippen LogP contribution is 2.17. The maximum Gasteiger partial charge on any atom is 0.112 e. The van der Waals surface area contributed by atoms with Gasteiger partial charge in [-0.05, 0) is 58.0 Å². The molecule has 1 heterocycles. The van der Waals surface area contributed by atoms with Crippen molar-refractivity contribution in [3.05, 3.63) is 35.0 Å². The van der Waals surface area contributed by atoms with Crippen LogP contribution >= 0.6 is 15.9 Å². The molecule has 1 fully saturated rings. The first-order chi connectivity index (χ1) is 8.11. The van der Waals surface area contributed by atoms with Crippen LogP contribution in [0.1, 0.15) is 19.8 Å². The van der Waals surface area contributed by atoms with Crippen molar-refractivity contribution < 1.29 is 4.74 Å². The molecule has 0 aliphatic carbocycles. The second-order valence-corrected chi connectivity index (χ2v) is 5.45. The van der Waals surface area contributed by atoms with E-state index < -0.39 is 0 Å². The molecule has 1 rings (SSSR count). The Kier molecular flexibility index (Phi) is 6.60. The summed E-state index contributed by atoms with van der Waals surface area (Å²) in [6, 6.07) is 0. The van der Waals surface area contributed by atoms with Crippen LogP contribution in [0.4, 0.5) is 0 Å². The molecule has 0 amide bonds. The normalized spacial score (nSPS) is 19.8. The van der Waals surface area contributed by atoms with E-state index in [1.54, 1.807) is 0 Å². The third-order valence-corrected chi connectivity index (χ3v) is 3.77. The van der Waals surface area contributed by atoms with Gasteiger partial charge < -0.3 is 9.64 Å². The lowest BCUT2D eigenvalue weighted by molar-refractivity contribution is 0.123. The number of hydrogen-bond donors (Lipinski definition) is 0. The molecule has 0 bridgehead atoms. The summed E-state index contributed by atoms with van der Waals surface area (Å²) in [5, 5.41) is 0. The fourth-order valence-corrected chi connectivity index (χ4v) is 1.90. The molecular weight excluding hydrogens is 278 g/mol. The maximum atomic E-state index is 5.66. The first-order valence-corrected chi connectivity index (χ1v) is 6.91. The van der Waals surface area contributed by atoms with Crippen LogP contribution < -0.4 is 0 Å². The topological polar surface area (TPSA) is 12.5 Å². The van der Waals surface area contributed by atoms with Crippen molar-refractivity contribution in [3.8, 4) is 0 Å². The minimum Gasteiger partial charge on any atom is -0.494 e. The van der Waals surface area contributed by atoms with Gasteiger partial charge in [0.2, 0.25) is 0 Å². The molecule has 0 aromatic carbocycles. The van der Waals surface area contributed by atoms with Crippen LogP contribution in [0.3, 0.4) is 0 Å². The SMILES string of the molecule is C=C(/C=C\C(Br)=C/C)OCC1CCN(C)CC1. The fourth-order valence-electron chi connectivity index (χ4n) is 1.77. The second-order valence-electron chi connectivity index (χ2n) is 4.53. The first-order valence-electron chi connectivity index (χ1n) is 6.12. The van der Waals surface area contributed by atoms with Crippen LogP contribution in [0.2, 0.25) is 0 Å². The summed E-state index contributed by atoms with van der Waals surface area (Å²) < 4.78 is 6.71. The van der Waals surface area contributed by atoms with Gasteiger partial charge in [0, 0.05) is 4.48 Å². The zero-order valence-corrected chi connectivity index (χ0v) is 12.4. The molecule has 0 N–H and O–H groups in total. The maximum absolute atomic E-state index is 5.66. The van der Waals surface area contributed by atoms with Crippen LogP contribution in [0, 0.1) is 5.92 Å². The summed E-state index contributed by atoms with van der Waals surface area (Å²) in [7, 11) is 2.17. The van der Waals surface area contributed by atoms with E-state index in [1.165, 1.54) is 25.9 Å². The Balaban J connectivity index is 2.22. The van der Waals surface area contributed by atoms with E-state index in [4.69, 9.17) is 4.74 Å². The highest BCUT2D eigenvalue weighted by molar-refractivity contribution is 9.11. The van der Waals surface area contributed by atoms with Crippen molar-refractivity contribution in [1.82, 2.24) is 4.90 Å². The average Bonchev–Trinajstić information content (AvgIpc) is 2.35. The number of piperidine rings is 1. The Hall–Kier alpha value is -0.540. The Morgan fingerprint density at radius 2 is 2.06 bits per heavy atom. The van der Waals surface area contributed by atoms with Crippen LogP contribution in [-0.4, -0.2) is 31.6 Å². The molecule has 3 heteroatoms. The number of halogens is 1. The Bertz CT molecular complexity index is 301. The molecule has 0 unspecified atom stereocenters. The van der Waals surface area contributed by atoms with Gasteiger partial charge in [0.25, 0.3) is 0 Å². The molecule has 0 aromatic rings. The largest absolute Gasteiger partial charge is 0.494 e. The van der Waals surface area contributed by atoms with Gasteiger partial charge in [-0.3, -0.25) is 0 Å². The van der Waals surface area contributed by atoms with Gasteiger partial charge in [-0.25, -0.2) is 0 Å². The zero-order chi connectivity index (χ0) is 12.7. The van der Waals surface area contributed by atoms with Gasteiger partial charge in [-0.15, -0.1) is 0 Å². The van der Waals surface area contributed by atoms with E-state index in [0.717, 1.165) is 16.8 Å². The Morgan fingerprint density at radius 3 is 2.65 bits per heavy atom. The molecule has 1 saturated heterocycles. The van der Waals surface area contributed by atoms with Crippen molar-refractivity contribution in [2.45, 2.75) is 19.8 Å². The van der Waals surface area contributed by atoms with Crippen molar-refractivity contribution in [1.29, 1.82) is 0 Å². The number of likely N-dealkylation sites (tertiary alicyclic amines) is 1. The van der Waals surface area contributed by atoms with Gasteiger partial charge in [0.05, 0.1) is 6.61 Å². The van der Waals surface area contributed by atoms with Crippen molar-refractivity contribution in [2.75, 3.05) is 26.7 Å². The number of rotatable bonds is 5. The predicted molar refractivity (Wildman–Crippen MR) is 77.1 cm³/mol. The Labute approximate surface area is 113 Å². The average molecular weight is 300 g/mol. The van der Waals surface area contributed by atoms with E-state index in [1.807, 2.05) is 25.2 Å². The third kappa shape index (κ3) is 6.08. The predicted octanol–water partition coefficient (Wildman–Crippen LogP) is 3.71. The van der Waals surface area contributed by atoms with E-state index >= 15 is 0 Å². The van der Waals surface area contributed by atoms with E-state index in [2.05, 4.69) is 34.5 Å². The van der Waals surface area contributed by atoms with E-state index in [0.29, 0.717) is 5.92 Å². The molecule has 0 aromatic heterocycles. The number of nitrogens with zero attached hydrogens (tertiary/aromatic N) is 1. The third-order valence-electron chi connectivity index (χ3n) is 3.05. The molecule has 2 nitrogen and oxygen atoms in total. The molecule has 0 saturated carbocycles. The van der Waals surface area contributed by atoms with Crippen molar-refractivity contribution >= 4 is 15.9 Å². The molecule has 0 spiro atoms. The van der Waals surface area contributed by atoms with Gasteiger partial charge in [0.15, 0.2) is 0 Å². The standard InChI is InChI=1S/C14H22BrNO/c1-4-14(15)6-5-12(2)17-11-13-7-9-16(3)10-8-13/h4-6,13H,2,7-11H2,1,3H3/b6-5-,14-4+. The van der Waals surface area contributed by atoms with E-state index in [9.17, 15) is 0 Å². The zero-order valence-electron chi connectivity index (χ0n) is 10.8. The number of allylic oxidation sites excluding steroid dienone is 4. The molecule has 1 aliphatic heterocycles. The second kappa shape index (κ2) is 7.72. The first kappa shape index (κ1) is 14.5. The van der Waals surface area contributed by atoms with Gasteiger partial charge in [-0.2, -0.15) is 0 Å². The Morgan fingerprint density at radius 1 is 1.41 bits per heavy atom. The molecular formula is C14H22BrNO. The quantitative estimate of drug-likeness (QED) is 0.567. The van der Waals surface area contributed by atoms with Crippen molar-refractivity contribution in [2.24, 2.45) is 5.92 Å². The van der Waals surface area contributed by atoms with Crippen LogP contribution in [0.25, 0.3) is 0 Å². The fraction of sp³-hybridized carbons (Fsp3) is 0.571.